The van der Waals surface area contributed by atoms with Crippen LogP contribution in [0.25, 0.3) is 0 Å². The molecule has 0 aromatic heterocycles. The van der Waals surface area contributed by atoms with Crippen molar-refractivity contribution in [2.45, 2.75) is 26.0 Å². The molecule has 7 heteroatoms. The summed E-state index contributed by atoms with van der Waals surface area (Å²) in [6.07, 6.45) is -0.961. The summed E-state index contributed by atoms with van der Waals surface area (Å²) in [4.78, 5) is 24.3. The van der Waals surface area contributed by atoms with Crippen LogP contribution in [0.1, 0.15) is 35.8 Å². The zero-order valence-corrected chi connectivity index (χ0v) is 15.8. The quantitative estimate of drug-likeness (QED) is 0.713. The molecular weight excluding hydrogens is 385 g/mol. The summed E-state index contributed by atoms with van der Waals surface area (Å²) in [6, 6.07) is 10.9. The van der Waals surface area contributed by atoms with E-state index in [-0.39, 0.29) is 6.04 Å². The molecular formula is C18H16Cl3NO3. The number of nitrogens with one attached hydrogen (secondary N) is 1. The highest BCUT2D eigenvalue weighted by Crippen LogP contribution is 2.26. The second-order valence-electron chi connectivity index (χ2n) is 5.45. The third-order valence-corrected chi connectivity index (χ3v) is 4.34. The first-order valence-electron chi connectivity index (χ1n) is 7.50. The van der Waals surface area contributed by atoms with Crippen LogP contribution in [0.4, 0.5) is 0 Å². The first-order chi connectivity index (χ1) is 11.8. The summed E-state index contributed by atoms with van der Waals surface area (Å²) in [5.41, 5.74) is 1.04. The van der Waals surface area contributed by atoms with Crippen molar-refractivity contribution >= 4 is 46.7 Å². The molecule has 25 heavy (non-hydrogen) atoms. The molecule has 1 N–H and O–H groups in total. The topological polar surface area (TPSA) is 55.4 Å². The average molecular weight is 401 g/mol. The molecule has 0 saturated carbocycles. The van der Waals surface area contributed by atoms with Crippen LogP contribution in [-0.4, -0.2) is 18.0 Å². The number of carbonyl (C=O) groups is 2. The van der Waals surface area contributed by atoms with E-state index in [1.165, 1.54) is 19.1 Å². The van der Waals surface area contributed by atoms with Crippen LogP contribution >= 0.6 is 34.8 Å². The fourth-order valence-electron chi connectivity index (χ4n) is 2.13. The number of rotatable bonds is 5. The number of hydrogen-bond donors (Lipinski definition) is 1. The molecule has 0 aliphatic carbocycles. The van der Waals surface area contributed by atoms with E-state index in [0.29, 0.717) is 20.6 Å². The van der Waals surface area contributed by atoms with E-state index in [1.54, 1.807) is 37.3 Å². The predicted octanol–water partition coefficient (Wildman–Crippen LogP) is 5.07. The fourth-order valence-corrected chi connectivity index (χ4v) is 2.83. The highest BCUT2D eigenvalue weighted by atomic mass is 35.5. The second-order valence-corrected chi connectivity index (χ2v) is 6.73. The van der Waals surface area contributed by atoms with Gasteiger partial charge in [-0.05, 0) is 55.8 Å². The molecule has 0 saturated heterocycles. The van der Waals surface area contributed by atoms with Crippen molar-refractivity contribution in [3.05, 3.63) is 68.7 Å². The Labute approximate surface area is 161 Å². The molecule has 2 atom stereocenters. The Morgan fingerprint density at radius 3 is 2.16 bits per heavy atom. The van der Waals surface area contributed by atoms with Gasteiger partial charge in [0.15, 0.2) is 6.10 Å². The Balaban J connectivity index is 1.97. The summed E-state index contributed by atoms with van der Waals surface area (Å²) >= 11 is 17.8. The van der Waals surface area contributed by atoms with Gasteiger partial charge in [0.05, 0.1) is 11.6 Å². The molecule has 1 amide bonds. The molecule has 0 radical (unpaired) electrons. The average Bonchev–Trinajstić information content (AvgIpc) is 2.55. The first kappa shape index (κ1) is 19.6. The predicted molar refractivity (Wildman–Crippen MR) is 99.3 cm³/mol. The van der Waals surface area contributed by atoms with E-state index in [1.807, 2.05) is 0 Å². The van der Waals surface area contributed by atoms with Gasteiger partial charge in [-0.25, -0.2) is 4.79 Å². The zero-order valence-electron chi connectivity index (χ0n) is 13.6. The SMILES string of the molecule is C[C@H](OC(=O)c1ccc(Cl)cc1)C(=O)N[C@H](C)c1ccc(Cl)cc1Cl. The minimum atomic E-state index is -0.961. The van der Waals surface area contributed by atoms with Crippen molar-refractivity contribution in [1.29, 1.82) is 0 Å². The van der Waals surface area contributed by atoms with E-state index in [4.69, 9.17) is 39.5 Å². The van der Waals surface area contributed by atoms with Crippen molar-refractivity contribution < 1.29 is 14.3 Å². The van der Waals surface area contributed by atoms with Crippen LogP contribution in [0.5, 0.6) is 0 Å². The minimum absolute atomic E-state index is 0.317. The van der Waals surface area contributed by atoms with Gasteiger partial charge < -0.3 is 10.1 Å². The van der Waals surface area contributed by atoms with Gasteiger partial charge in [0.1, 0.15) is 0 Å². The summed E-state index contributed by atoms with van der Waals surface area (Å²) in [5, 5.41) is 4.23. The van der Waals surface area contributed by atoms with Gasteiger partial charge in [0.2, 0.25) is 0 Å². The fraction of sp³-hybridized carbons (Fsp3) is 0.222. The summed E-state index contributed by atoms with van der Waals surface area (Å²) in [5.74, 6) is -1.03. The number of halogens is 3. The molecule has 0 heterocycles. The van der Waals surface area contributed by atoms with Gasteiger partial charge in [-0.15, -0.1) is 0 Å². The Morgan fingerprint density at radius 1 is 0.960 bits per heavy atom. The lowest BCUT2D eigenvalue weighted by Gasteiger charge is -2.19. The second kappa shape index (κ2) is 8.56. The molecule has 2 aromatic carbocycles. The maximum absolute atomic E-state index is 12.2. The Kier molecular flexibility index (Phi) is 6.71. The lowest BCUT2D eigenvalue weighted by Crippen LogP contribution is -2.37. The molecule has 0 aliphatic heterocycles. The number of carbonyl (C=O) groups excluding carboxylic acids is 2. The van der Waals surface area contributed by atoms with Crippen LogP contribution in [-0.2, 0) is 9.53 Å². The standard InChI is InChI=1S/C18H16Cl3NO3/c1-10(15-8-7-14(20)9-16(15)21)22-17(23)11(2)25-18(24)12-3-5-13(19)6-4-12/h3-11H,1-2H3,(H,22,23)/t10-,11+/m1/s1. The van der Waals surface area contributed by atoms with Gasteiger partial charge >= 0.3 is 5.97 Å². The van der Waals surface area contributed by atoms with Crippen molar-refractivity contribution in [1.82, 2.24) is 5.32 Å². The van der Waals surface area contributed by atoms with Crippen LogP contribution in [0.2, 0.25) is 15.1 Å². The van der Waals surface area contributed by atoms with Crippen molar-refractivity contribution in [3.63, 3.8) is 0 Å². The third kappa shape index (κ3) is 5.36. The Bertz CT molecular complexity index is 778. The van der Waals surface area contributed by atoms with Crippen LogP contribution in [0.3, 0.4) is 0 Å². The molecule has 2 rings (SSSR count). The van der Waals surface area contributed by atoms with Gasteiger partial charge in [-0.2, -0.15) is 0 Å². The number of benzene rings is 2. The van der Waals surface area contributed by atoms with E-state index in [9.17, 15) is 9.59 Å². The molecule has 0 unspecified atom stereocenters. The molecule has 0 bridgehead atoms. The lowest BCUT2D eigenvalue weighted by molar-refractivity contribution is -0.129. The van der Waals surface area contributed by atoms with E-state index in [0.717, 1.165) is 5.56 Å². The van der Waals surface area contributed by atoms with Gasteiger partial charge in [0, 0.05) is 15.1 Å². The van der Waals surface area contributed by atoms with Crippen molar-refractivity contribution in [2.24, 2.45) is 0 Å². The normalized spacial score (nSPS) is 13.0. The highest BCUT2D eigenvalue weighted by molar-refractivity contribution is 6.35. The largest absolute Gasteiger partial charge is 0.449 e. The zero-order chi connectivity index (χ0) is 18.6. The number of esters is 1. The molecule has 2 aromatic rings. The number of ether oxygens (including phenoxy) is 1. The van der Waals surface area contributed by atoms with Gasteiger partial charge in [0.25, 0.3) is 5.91 Å². The Morgan fingerprint density at radius 2 is 1.56 bits per heavy atom. The van der Waals surface area contributed by atoms with E-state index < -0.39 is 18.0 Å². The van der Waals surface area contributed by atoms with Gasteiger partial charge in [-0.1, -0.05) is 40.9 Å². The summed E-state index contributed by atoms with van der Waals surface area (Å²) < 4.78 is 5.18. The maximum atomic E-state index is 12.2. The van der Waals surface area contributed by atoms with Crippen molar-refractivity contribution in [3.8, 4) is 0 Å². The highest BCUT2D eigenvalue weighted by Gasteiger charge is 2.21. The van der Waals surface area contributed by atoms with Crippen LogP contribution in [0.15, 0.2) is 42.5 Å². The Hall–Kier alpha value is -1.75. The monoisotopic (exact) mass is 399 g/mol. The number of hydrogen-bond acceptors (Lipinski definition) is 3. The third-order valence-electron chi connectivity index (χ3n) is 3.52. The molecule has 0 spiro atoms. The summed E-state index contributed by atoms with van der Waals surface area (Å²) in [6.45, 7) is 3.28. The summed E-state index contributed by atoms with van der Waals surface area (Å²) in [7, 11) is 0. The van der Waals surface area contributed by atoms with Gasteiger partial charge in [-0.3, -0.25) is 4.79 Å². The maximum Gasteiger partial charge on any atom is 0.338 e. The van der Waals surface area contributed by atoms with Crippen LogP contribution < -0.4 is 5.32 Å². The minimum Gasteiger partial charge on any atom is -0.449 e. The van der Waals surface area contributed by atoms with E-state index in [2.05, 4.69) is 5.32 Å². The molecule has 0 fully saturated rings. The molecule has 4 nitrogen and oxygen atoms in total. The molecule has 132 valence electrons. The van der Waals surface area contributed by atoms with Crippen LogP contribution in [0, 0.1) is 0 Å². The van der Waals surface area contributed by atoms with E-state index >= 15 is 0 Å². The lowest BCUT2D eigenvalue weighted by atomic mass is 10.1. The smallest absolute Gasteiger partial charge is 0.338 e. The van der Waals surface area contributed by atoms with Crippen molar-refractivity contribution in [2.75, 3.05) is 0 Å². The molecule has 0 aliphatic rings. The first-order valence-corrected chi connectivity index (χ1v) is 8.63. The number of amides is 1.